The van der Waals surface area contributed by atoms with Gasteiger partial charge in [0.25, 0.3) is 0 Å². The van der Waals surface area contributed by atoms with E-state index in [2.05, 4.69) is 4.90 Å². The van der Waals surface area contributed by atoms with Crippen LogP contribution in [0.3, 0.4) is 0 Å². The van der Waals surface area contributed by atoms with E-state index in [4.69, 9.17) is 4.74 Å². The molecule has 18 heavy (non-hydrogen) atoms. The van der Waals surface area contributed by atoms with Crippen molar-refractivity contribution in [2.75, 3.05) is 26.2 Å². The van der Waals surface area contributed by atoms with E-state index in [1.807, 2.05) is 4.90 Å². The molecule has 1 amide bonds. The Morgan fingerprint density at radius 1 is 1.06 bits per heavy atom. The fraction of sp³-hybridized carbons (Fsp3) is 0.846. The van der Waals surface area contributed by atoms with Gasteiger partial charge in [-0.25, -0.2) is 0 Å². The van der Waals surface area contributed by atoms with Crippen LogP contribution in [0, 0.1) is 0 Å². The summed E-state index contributed by atoms with van der Waals surface area (Å²) in [5.74, 6) is -0.0130. The molecule has 0 aromatic rings. The number of likely N-dealkylation sites (tertiary alicyclic amines) is 2. The molecule has 2 aliphatic heterocycles. The van der Waals surface area contributed by atoms with E-state index in [1.54, 1.807) is 6.92 Å². The summed E-state index contributed by atoms with van der Waals surface area (Å²) in [4.78, 5) is 26.5. The lowest BCUT2D eigenvalue weighted by Gasteiger charge is -2.36. The van der Waals surface area contributed by atoms with Crippen molar-refractivity contribution in [2.24, 2.45) is 0 Å². The van der Waals surface area contributed by atoms with Crippen LogP contribution in [0.2, 0.25) is 0 Å². The molecular formula is C13H22N2O3. The SMILES string of the molecule is CC(=O)OC1CCN(C2CCN(C(C)=O)CC2)C1. The molecule has 2 aliphatic rings. The summed E-state index contributed by atoms with van der Waals surface area (Å²) in [5.41, 5.74) is 0. The maximum atomic E-state index is 11.3. The zero-order chi connectivity index (χ0) is 13.1. The van der Waals surface area contributed by atoms with Crippen LogP contribution in [0.15, 0.2) is 0 Å². The molecule has 1 atom stereocenters. The number of piperidine rings is 1. The second-order valence-electron chi connectivity index (χ2n) is 5.25. The molecule has 0 aromatic heterocycles. The van der Waals surface area contributed by atoms with Gasteiger partial charge >= 0.3 is 5.97 Å². The maximum absolute atomic E-state index is 11.3. The number of nitrogens with zero attached hydrogens (tertiary/aromatic N) is 2. The molecule has 2 rings (SSSR count). The largest absolute Gasteiger partial charge is 0.461 e. The summed E-state index contributed by atoms with van der Waals surface area (Å²) in [6, 6.07) is 0.543. The molecule has 2 saturated heterocycles. The van der Waals surface area contributed by atoms with Crippen molar-refractivity contribution in [3.63, 3.8) is 0 Å². The van der Waals surface area contributed by atoms with Crippen molar-refractivity contribution in [1.82, 2.24) is 9.80 Å². The molecule has 5 heteroatoms. The van der Waals surface area contributed by atoms with Gasteiger partial charge in [-0.2, -0.15) is 0 Å². The van der Waals surface area contributed by atoms with Crippen molar-refractivity contribution >= 4 is 11.9 Å². The van der Waals surface area contributed by atoms with Gasteiger partial charge < -0.3 is 9.64 Å². The van der Waals surface area contributed by atoms with Crippen LogP contribution in [0.25, 0.3) is 0 Å². The van der Waals surface area contributed by atoms with Gasteiger partial charge in [0, 0.05) is 46.1 Å². The molecule has 0 aliphatic carbocycles. The van der Waals surface area contributed by atoms with Crippen LogP contribution in [0.5, 0.6) is 0 Å². The highest BCUT2D eigenvalue weighted by Gasteiger charge is 2.32. The smallest absolute Gasteiger partial charge is 0.302 e. The van der Waals surface area contributed by atoms with E-state index in [-0.39, 0.29) is 18.0 Å². The summed E-state index contributed by atoms with van der Waals surface area (Å²) in [6.45, 7) is 6.66. The Labute approximate surface area is 108 Å². The minimum absolute atomic E-state index is 0.0633. The highest BCUT2D eigenvalue weighted by molar-refractivity contribution is 5.73. The van der Waals surface area contributed by atoms with Gasteiger partial charge in [0.05, 0.1) is 0 Å². The van der Waals surface area contributed by atoms with Gasteiger partial charge in [0.15, 0.2) is 0 Å². The molecular weight excluding hydrogens is 232 g/mol. The first-order chi connectivity index (χ1) is 8.56. The number of esters is 1. The second kappa shape index (κ2) is 5.69. The van der Waals surface area contributed by atoms with E-state index >= 15 is 0 Å². The van der Waals surface area contributed by atoms with E-state index in [1.165, 1.54) is 6.92 Å². The van der Waals surface area contributed by atoms with Gasteiger partial charge in [0.2, 0.25) is 5.91 Å². The van der Waals surface area contributed by atoms with Crippen LogP contribution in [-0.4, -0.2) is 60.0 Å². The van der Waals surface area contributed by atoms with Gasteiger partial charge in [-0.15, -0.1) is 0 Å². The van der Waals surface area contributed by atoms with Gasteiger partial charge in [0.1, 0.15) is 6.10 Å². The van der Waals surface area contributed by atoms with Crippen molar-refractivity contribution in [3.05, 3.63) is 0 Å². The molecule has 0 spiro atoms. The van der Waals surface area contributed by atoms with E-state index in [0.29, 0.717) is 6.04 Å². The zero-order valence-electron chi connectivity index (χ0n) is 11.2. The molecule has 0 aromatic carbocycles. The Morgan fingerprint density at radius 2 is 1.72 bits per heavy atom. The number of rotatable bonds is 2. The predicted molar refractivity (Wildman–Crippen MR) is 67.0 cm³/mol. The monoisotopic (exact) mass is 254 g/mol. The zero-order valence-corrected chi connectivity index (χ0v) is 11.2. The second-order valence-corrected chi connectivity index (χ2v) is 5.25. The number of hydrogen-bond acceptors (Lipinski definition) is 4. The van der Waals surface area contributed by atoms with Gasteiger partial charge in [-0.3, -0.25) is 14.5 Å². The minimum atomic E-state index is -0.187. The number of amides is 1. The fourth-order valence-electron chi connectivity index (χ4n) is 2.96. The summed E-state index contributed by atoms with van der Waals surface area (Å²) in [5, 5.41) is 0. The molecule has 2 heterocycles. The van der Waals surface area contributed by atoms with Crippen molar-refractivity contribution in [3.8, 4) is 0 Å². The lowest BCUT2D eigenvalue weighted by Crippen LogP contribution is -2.45. The average molecular weight is 254 g/mol. The normalized spacial score (nSPS) is 26.3. The lowest BCUT2D eigenvalue weighted by atomic mass is 10.0. The van der Waals surface area contributed by atoms with Gasteiger partial charge in [-0.1, -0.05) is 0 Å². The fourth-order valence-corrected chi connectivity index (χ4v) is 2.96. The van der Waals surface area contributed by atoms with E-state index in [0.717, 1.165) is 45.4 Å². The Kier molecular flexibility index (Phi) is 4.22. The Morgan fingerprint density at radius 3 is 2.28 bits per heavy atom. The predicted octanol–water partition coefficient (Wildman–Crippen LogP) is 0.635. The number of ether oxygens (including phenoxy) is 1. The van der Waals surface area contributed by atoms with Crippen molar-refractivity contribution in [1.29, 1.82) is 0 Å². The summed E-state index contributed by atoms with van der Waals surface area (Å²) < 4.78 is 5.25. The first-order valence-corrected chi connectivity index (χ1v) is 6.73. The molecule has 1 unspecified atom stereocenters. The first-order valence-electron chi connectivity index (χ1n) is 6.73. The van der Waals surface area contributed by atoms with Crippen molar-refractivity contribution < 1.29 is 14.3 Å². The molecule has 0 saturated carbocycles. The van der Waals surface area contributed by atoms with E-state index in [9.17, 15) is 9.59 Å². The number of carbonyl (C=O) groups is 2. The summed E-state index contributed by atoms with van der Waals surface area (Å²) in [6.07, 6.45) is 3.07. The summed E-state index contributed by atoms with van der Waals surface area (Å²) in [7, 11) is 0. The highest BCUT2D eigenvalue weighted by atomic mass is 16.5. The van der Waals surface area contributed by atoms with Crippen molar-refractivity contribution in [2.45, 2.75) is 45.3 Å². The highest BCUT2D eigenvalue weighted by Crippen LogP contribution is 2.22. The maximum Gasteiger partial charge on any atom is 0.302 e. The van der Waals surface area contributed by atoms with Crippen LogP contribution in [0.4, 0.5) is 0 Å². The lowest BCUT2D eigenvalue weighted by molar-refractivity contribution is -0.145. The molecule has 5 nitrogen and oxygen atoms in total. The third-order valence-corrected chi connectivity index (χ3v) is 3.94. The first kappa shape index (κ1) is 13.3. The molecule has 0 radical (unpaired) electrons. The minimum Gasteiger partial charge on any atom is -0.461 e. The Bertz CT molecular complexity index is 324. The number of carbonyl (C=O) groups excluding carboxylic acids is 2. The third kappa shape index (κ3) is 3.22. The summed E-state index contributed by atoms with van der Waals surface area (Å²) >= 11 is 0. The Hall–Kier alpha value is -1.10. The standard InChI is InChI=1S/C13H22N2O3/c1-10(16)14-6-3-12(4-7-14)15-8-5-13(9-15)18-11(2)17/h12-13H,3-9H2,1-2H3. The molecule has 102 valence electrons. The van der Waals surface area contributed by atoms with Crippen LogP contribution >= 0.6 is 0 Å². The molecule has 0 N–H and O–H groups in total. The molecule has 0 bridgehead atoms. The molecule has 2 fully saturated rings. The van der Waals surface area contributed by atoms with Crippen LogP contribution in [-0.2, 0) is 14.3 Å². The van der Waals surface area contributed by atoms with Crippen LogP contribution < -0.4 is 0 Å². The third-order valence-electron chi connectivity index (χ3n) is 3.94. The number of hydrogen-bond donors (Lipinski definition) is 0. The quantitative estimate of drug-likeness (QED) is 0.678. The van der Waals surface area contributed by atoms with Gasteiger partial charge in [-0.05, 0) is 19.3 Å². The topological polar surface area (TPSA) is 49.9 Å². The van der Waals surface area contributed by atoms with Crippen LogP contribution in [0.1, 0.15) is 33.1 Å². The van der Waals surface area contributed by atoms with E-state index < -0.39 is 0 Å². The Balaban J connectivity index is 1.77. The average Bonchev–Trinajstić information content (AvgIpc) is 2.76.